The van der Waals surface area contributed by atoms with Gasteiger partial charge in [-0.1, -0.05) is 25.0 Å². The molecule has 1 aliphatic heterocycles. The molecule has 2 atom stereocenters. The monoisotopic (exact) mass is 290 g/mol. The van der Waals surface area contributed by atoms with Crippen LogP contribution in [0.1, 0.15) is 50.1 Å². The minimum Gasteiger partial charge on any atom is -0.497 e. The van der Waals surface area contributed by atoms with Crippen LogP contribution in [0.5, 0.6) is 5.75 Å². The number of nitrogens with two attached hydrogens (primary N) is 1. The minimum absolute atomic E-state index is 0.122. The fourth-order valence-electron chi connectivity index (χ4n) is 4.06. The molecule has 116 valence electrons. The van der Waals surface area contributed by atoms with E-state index in [0.29, 0.717) is 5.92 Å². The van der Waals surface area contributed by atoms with Crippen molar-refractivity contribution in [3.8, 4) is 5.75 Å². The van der Waals surface area contributed by atoms with E-state index in [1.807, 2.05) is 12.1 Å². The maximum Gasteiger partial charge on any atom is 0.119 e. The second-order valence-corrected chi connectivity index (χ2v) is 6.41. The Balaban J connectivity index is 1.78. The van der Waals surface area contributed by atoms with Crippen LogP contribution in [-0.4, -0.2) is 19.3 Å². The Hall–Kier alpha value is -1.10. The lowest BCUT2D eigenvalue weighted by atomic mass is 9.79. The summed E-state index contributed by atoms with van der Waals surface area (Å²) in [5.74, 6) is 7.29. The maximum absolute atomic E-state index is 6.14. The summed E-state index contributed by atoms with van der Waals surface area (Å²) < 4.78 is 11.5. The predicted octanol–water partition coefficient (Wildman–Crippen LogP) is 2.94. The van der Waals surface area contributed by atoms with E-state index >= 15 is 0 Å². The molecule has 4 nitrogen and oxygen atoms in total. The molecule has 0 amide bonds. The fraction of sp³-hybridized carbons (Fsp3) is 0.647. The van der Waals surface area contributed by atoms with E-state index in [4.69, 9.17) is 15.3 Å². The van der Waals surface area contributed by atoms with Gasteiger partial charge in [0.1, 0.15) is 5.75 Å². The van der Waals surface area contributed by atoms with Crippen molar-refractivity contribution in [2.24, 2.45) is 11.8 Å². The van der Waals surface area contributed by atoms with Gasteiger partial charge in [0.2, 0.25) is 0 Å². The zero-order valence-electron chi connectivity index (χ0n) is 12.8. The first-order chi connectivity index (χ1) is 10.3. The van der Waals surface area contributed by atoms with Crippen LogP contribution in [0, 0.1) is 5.92 Å². The average Bonchev–Trinajstić information content (AvgIpc) is 2.96. The molecular formula is C17H26N2O2. The van der Waals surface area contributed by atoms with Crippen LogP contribution in [-0.2, 0) is 4.74 Å². The molecule has 0 aromatic heterocycles. The maximum atomic E-state index is 6.14. The third-order valence-electron chi connectivity index (χ3n) is 5.15. The first kappa shape index (κ1) is 14.8. The molecule has 1 aromatic rings. The highest BCUT2D eigenvalue weighted by Gasteiger charge is 2.42. The van der Waals surface area contributed by atoms with Gasteiger partial charge in [-0.2, -0.15) is 0 Å². The molecule has 1 aromatic carbocycles. The average molecular weight is 290 g/mol. The van der Waals surface area contributed by atoms with Gasteiger partial charge in [-0.3, -0.25) is 11.3 Å². The fourth-order valence-corrected chi connectivity index (χ4v) is 4.06. The van der Waals surface area contributed by atoms with E-state index in [2.05, 4.69) is 17.6 Å². The molecule has 3 N–H and O–H groups in total. The highest BCUT2D eigenvalue weighted by Crippen LogP contribution is 2.45. The number of rotatable bonds is 4. The van der Waals surface area contributed by atoms with E-state index in [1.165, 1.54) is 31.2 Å². The van der Waals surface area contributed by atoms with Crippen molar-refractivity contribution in [3.63, 3.8) is 0 Å². The summed E-state index contributed by atoms with van der Waals surface area (Å²) >= 11 is 0. The van der Waals surface area contributed by atoms with E-state index in [-0.39, 0.29) is 11.6 Å². The van der Waals surface area contributed by atoms with E-state index in [1.54, 1.807) is 7.11 Å². The van der Waals surface area contributed by atoms with Gasteiger partial charge in [0, 0.05) is 12.6 Å². The largest absolute Gasteiger partial charge is 0.497 e. The molecular weight excluding hydrogens is 264 g/mol. The highest BCUT2D eigenvalue weighted by molar-refractivity contribution is 5.31. The first-order valence-electron chi connectivity index (χ1n) is 8.00. The SMILES string of the molecule is COc1cccc(C(NN)C2CCOC3(CCCC3)C2)c1. The van der Waals surface area contributed by atoms with Gasteiger partial charge >= 0.3 is 0 Å². The number of methoxy groups -OCH3 is 1. The molecule has 1 saturated heterocycles. The topological polar surface area (TPSA) is 56.5 Å². The van der Waals surface area contributed by atoms with Crippen molar-refractivity contribution in [1.29, 1.82) is 0 Å². The van der Waals surface area contributed by atoms with Crippen LogP contribution < -0.4 is 16.0 Å². The summed E-state index contributed by atoms with van der Waals surface area (Å²) in [5, 5.41) is 0. The quantitative estimate of drug-likeness (QED) is 0.661. The number of nitrogens with one attached hydrogen (secondary N) is 1. The van der Waals surface area contributed by atoms with Gasteiger partial charge < -0.3 is 9.47 Å². The molecule has 0 bridgehead atoms. The number of benzene rings is 1. The smallest absolute Gasteiger partial charge is 0.119 e. The van der Waals surface area contributed by atoms with Gasteiger partial charge in [-0.15, -0.1) is 0 Å². The summed E-state index contributed by atoms with van der Waals surface area (Å²) in [4.78, 5) is 0. The van der Waals surface area contributed by atoms with E-state index in [0.717, 1.165) is 25.2 Å². The first-order valence-corrected chi connectivity index (χ1v) is 8.00. The standard InChI is InChI=1S/C17H26N2O2/c1-20-15-6-4-5-13(11-15)16(19-18)14-7-10-21-17(12-14)8-2-3-9-17/h4-6,11,14,16,19H,2-3,7-10,12,18H2,1H3. The van der Waals surface area contributed by atoms with E-state index < -0.39 is 0 Å². The molecule has 21 heavy (non-hydrogen) atoms. The Morgan fingerprint density at radius 3 is 2.90 bits per heavy atom. The molecule has 0 radical (unpaired) electrons. The normalized spacial score (nSPS) is 25.9. The van der Waals surface area contributed by atoms with Crippen LogP contribution in [0.25, 0.3) is 0 Å². The minimum atomic E-state index is 0.122. The zero-order valence-corrected chi connectivity index (χ0v) is 12.8. The molecule has 2 aliphatic rings. The third-order valence-corrected chi connectivity index (χ3v) is 5.15. The van der Waals surface area contributed by atoms with Gasteiger partial charge in [0.25, 0.3) is 0 Å². The molecule has 1 aliphatic carbocycles. The van der Waals surface area contributed by atoms with Crippen molar-refractivity contribution < 1.29 is 9.47 Å². The van der Waals surface area contributed by atoms with Crippen molar-refractivity contribution in [2.45, 2.75) is 50.2 Å². The lowest BCUT2D eigenvalue weighted by Gasteiger charge is -2.41. The van der Waals surface area contributed by atoms with Gasteiger partial charge in [0.15, 0.2) is 0 Å². The molecule has 2 unspecified atom stereocenters. The van der Waals surface area contributed by atoms with E-state index in [9.17, 15) is 0 Å². The molecule has 3 rings (SSSR count). The number of hydrogen-bond donors (Lipinski definition) is 2. The molecule has 2 fully saturated rings. The van der Waals surface area contributed by atoms with Crippen LogP contribution >= 0.6 is 0 Å². The Kier molecular flexibility index (Phi) is 4.48. The second kappa shape index (κ2) is 6.34. The zero-order chi connectivity index (χ0) is 14.7. The number of ether oxygens (including phenoxy) is 2. The summed E-state index contributed by atoms with van der Waals surface area (Å²) in [7, 11) is 1.70. The van der Waals surface area contributed by atoms with Crippen molar-refractivity contribution in [1.82, 2.24) is 5.43 Å². The Morgan fingerprint density at radius 1 is 1.38 bits per heavy atom. The van der Waals surface area contributed by atoms with Crippen LogP contribution in [0.3, 0.4) is 0 Å². The Labute approximate surface area is 127 Å². The lowest BCUT2D eigenvalue weighted by molar-refractivity contribution is -0.0982. The summed E-state index contributed by atoms with van der Waals surface area (Å²) in [5.41, 5.74) is 4.36. The van der Waals surface area contributed by atoms with Crippen LogP contribution in [0.4, 0.5) is 0 Å². The van der Waals surface area contributed by atoms with Crippen molar-refractivity contribution >= 4 is 0 Å². The summed E-state index contributed by atoms with van der Waals surface area (Å²) in [6.07, 6.45) is 7.18. The molecule has 1 heterocycles. The molecule has 4 heteroatoms. The van der Waals surface area contributed by atoms with Gasteiger partial charge in [-0.25, -0.2) is 0 Å². The van der Waals surface area contributed by atoms with Crippen molar-refractivity contribution in [3.05, 3.63) is 29.8 Å². The summed E-state index contributed by atoms with van der Waals surface area (Å²) in [6.45, 7) is 0.854. The second-order valence-electron chi connectivity index (χ2n) is 6.41. The summed E-state index contributed by atoms with van der Waals surface area (Å²) in [6, 6.07) is 8.38. The van der Waals surface area contributed by atoms with Crippen LogP contribution in [0.15, 0.2) is 24.3 Å². The van der Waals surface area contributed by atoms with Gasteiger partial charge in [-0.05, 0) is 49.3 Å². The third kappa shape index (κ3) is 3.07. The van der Waals surface area contributed by atoms with Crippen molar-refractivity contribution in [2.75, 3.05) is 13.7 Å². The Bertz CT molecular complexity index is 472. The molecule has 1 saturated carbocycles. The number of hydrogen-bond acceptors (Lipinski definition) is 4. The van der Waals surface area contributed by atoms with Gasteiger partial charge in [0.05, 0.1) is 12.7 Å². The van der Waals surface area contributed by atoms with Crippen LogP contribution in [0.2, 0.25) is 0 Å². The predicted molar refractivity (Wildman–Crippen MR) is 82.9 cm³/mol. The lowest BCUT2D eigenvalue weighted by Crippen LogP contribution is -2.43. The molecule has 1 spiro atoms. The highest BCUT2D eigenvalue weighted by atomic mass is 16.5. The number of hydrazine groups is 1. The Morgan fingerprint density at radius 2 is 2.19 bits per heavy atom.